The van der Waals surface area contributed by atoms with E-state index >= 15 is 0 Å². The van der Waals surface area contributed by atoms with Gasteiger partial charge in [0.1, 0.15) is 17.5 Å². The Morgan fingerprint density at radius 1 is 1.37 bits per heavy atom. The van der Waals surface area contributed by atoms with E-state index in [1.54, 1.807) is 0 Å². The predicted molar refractivity (Wildman–Crippen MR) is 79.2 cm³/mol. The van der Waals surface area contributed by atoms with Crippen molar-refractivity contribution in [2.45, 2.75) is 47.0 Å². The van der Waals surface area contributed by atoms with Gasteiger partial charge in [-0.05, 0) is 25.2 Å². The van der Waals surface area contributed by atoms with Crippen molar-refractivity contribution in [1.29, 1.82) is 0 Å². The van der Waals surface area contributed by atoms with Gasteiger partial charge in [-0.1, -0.05) is 20.8 Å². The Bertz CT molecular complexity index is 455. The van der Waals surface area contributed by atoms with Crippen molar-refractivity contribution >= 4 is 11.6 Å². The number of hydrazine groups is 1. The third-order valence-electron chi connectivity index (χ3n) is 3.75. The molecule has 2 rings (SSSR count). The van der Waals surface area contributed by atoms with Crippen molar-refractivity contribution in [3.63, 3.8) is 0 Å². The van der Waals surface area contributed by atoms with Crippen molar-refractivity contribution in [1.82, 2.24) is 9.97 Å². The number of rotatable bonds is 4. The van der Waals surface area contributed by atoms with Crippen LogP contribution >= 0.6 is 0 Å². The van der Waals surface area contributed by atoms with Gasteiger partial charge in [0.25, 0.3) is 0 Å². The summed E-state index contributed by atoms with van der Waals surface area (Å²) >= 11 is 0. The molecule has 0 radical (unpaired) electrons. The van der Waals surface area contributed by atoms with Crippen molar-refractivity contribution in [3.05, 3.63) is 11.4 Å². The molecule has 1 saturated heterocycles. The van der Waals surface area contributed by atoms with E-state index in [4.69, 9.17) is 10.8 Å². The zero-order chi connectivity index (χ0) is 14.0. The fourth-order valence-corrected chi connectivity index (χ4v) is 2.63. The third kappa shape index (κ3) is 2.97. The van der Waals surface area contributed by atoms with Gasteiger partial charge in [0, 0.05) is 25.1 Å². The summed E-state index contributed by atoms with van der Waals surface area (Å²) in [5, 5.41) is 0. The maximum atomic E-state index is 5.58. The van der Waals surface area contributed by atoms with Gasteiger partial charge in [-0.3, -0.25) is 0 Å². The standard InChI is InChI=1S/C14H25N5/c1-5-6-11-16-12(18-15)10(2)13(17-11)19-8-7-14(3,4)9-19/h5-9,15H2,1-4H3,(H,16,17,18). The van der Waals surface area contributed by atoms with Crippen LogP contribution in [0.5, 0.6) is 0 Å². The summed E-state index contributed by atoms with van der Waals surface area (Å²) in [5.41, 5.74) is 4.10. The topological polar surface area (TPSA) is 67.1 Å². The predicted octanol–water partition coefficient (Wildman–Crippen LogP) is 2.26. The second-order valence-electron chi connectivity index (χ2n) is 6.17. The van der Waals surface area contributed by atoms with Crippen LogP contribution in [0.1, 0.15) is 45.0 Å². The Morgan fingerprint density at radius 2 is 2.11 bits per heavy atom. The number of nitrogen functional groups attached to an aromatic ring is 1. The van der Waals surface area contributed by atoms with Crippen molar-refractivity contribution in [2.24, 2.45) is 11.3 Å². The van der Waals surface area contributed by atoms with E-state index in [9.17, 15) is 0 Å². The molecule has 2 heterocycles. The summed E-state index contributed by atoms with van der Waals surface area (Å²) in [7, 11) is 0. The molecule has 5 heteroatoms. The highest BCUT2D eigenvalue weighted by molar-refractivity contribution is 5.58. The summed E-state index contributed by atoms with van der Waals surface area (Å²) in [5.74, 6) is 8.24. The molecular formula is C14H25N5. The summed E-state index contributed by atoms with van der Waals surface area (Å²) < 4.78 is 0. The Balaban J connectivity index is 2.35. The molecule has 1 aromatic heterocycles. The minimum Gasteiger partial charge on any atom is -0.356 e. The maximum absolute atomic E-state index is 5.58. The van der Waals surface area contributed by atoms with Gasteiger partial charge >= 0.3 is 0 Å². The van der Waals surface area contributed by atoms with Crippen LogP contribution < -0.4 is 16.2 Å². The third-order valence-corrected chi connectivity index (χ3v) is 3.75. The molecule has 5 nitrogen and oxygen atoms in total. The molecule has 0 saturated carbocycles. The fourth-order valence-electron chi connectivity index (χ4n) is 2.63. The number of nitrogens with one attached hydrogen (secondary N) is 1. The number of nitrogens with two attached hydrogens (primary N) is 1. The van der Waals surface area contributed by atoms with E-state index in [0.29, 0.717) is 5.41 Å². The Morgan fingerprint density at radius 3 is 2.63 bits per heavy atom. The second-order valence-corrected chi connectivity index (χ2v) is 6.17. The molecule has 0 aromatic carbocycles. The van der Waals surface area contributed by atoms with E-state index < -0.39 is 0 Å². The lowest BCUT2D eigenvalue weighted by molar-refractivity contribution is 0.418. The summed E-state index contributed by atoms with van der Waals surface area (Å²) in [6, 6.07) is 0. The first-order chi connectivity index (χ1) is 8.96. The number of aromatic nitrogens is 2. The van der Waals surface area contributed by atoms with Gasteiger partial charge < -0.3 is 10.3 Å². The van der Waals surface area contributed by atoms with Crippen LogP contribution in [0, 0.1) is 12.3 Å². The highest BCUT2D eigenvalue weighted by atomic mass is 15.3. The SMILES string of the molecule is CCCc1nc(NN)c(C)c(N2CCC(C)(C)C2)n1. The van der Waals surface area contributed by atoms with Crippen LogP contribution in [0.4, 0.5) is 11.6 Å². The lowest BCUT2D eigenvalue weighted by Gasteiger charge is -2.23. The maximum Gasteiger partial charge on any atom is 0.148 e. The van der Waals surface area contributed by atoms with Crippen LogP contribution in [-0.2, 0) is 6.42 Å². The first-order valence-corrected chi connectivity index (χ1v) is 7.06. The minimum absolute atomic E-state index is 0.360. The van der Waals surface area contributed by atoms with E-state index in [2.05, 4.69) is 36.1 Å². The van der Waals surface area contributed by atoms with E-state index in [0.717, 1.165) is 49.0 Å². The quantitative estimate of drug-likeness (QED) is 0.644. The average molecular weight is 263 g/mol. The van der Waals surface area contributed by atoms with Crippen molar-refractivity contribution in [2.75, 3.05) is 23.4 Å². The minimum atomic E-state index is 0.360. The Labute approximate surface area is 115 Å². The Hall–Kier alpha value is -1.36. The van der Waals surface area contributed by atoms with Gasteiger partial charge in [-0.25, -0.2) is 15.8 Å². The normalized spacial score (nSPS) is 17.8. The first-order valence-electron chi connectivity index (χ1n) is 7.06. The van der Waals surface area contributed by atoms with Gasteiger partial charge in [-0.2, -0.15) is 0 Å². The molecular weight excluding hydrogens is 238 g/mol. The zero-order valence-electron chi connectivity index (χ0n) is 12.5. The van der Waals surface area contributed by atoms with E-state index in [1.807, 2.05) is 6.92 Å². The highest BCUT2D eigenvalue weighted by Gasteiger charge is 2.31. The number of nitrogens with zero attached hydrogens (tertiary/aromatic N) is 3. The Kier molecular flexibility index (Phi) is 3.94. The molecule has 1 aliphatic heterocycles. The van der Waals surface area contributed by atoms with Gasteiger partial charge in [0.2, 0.25) is 0 Å². The van der Waals surface area contributed by atoms with Crippen LogP contribution in [0.15, 0.2) is 0 Å². The molecule has 19 heavy (non-hydrogen) atoms. The van der Waals surface area contributed by atoms with Crippen LogP contribution in [0.25, 0.3) is 0 Å². The monoisotopic (exact) mass is 263 g/mol. The lowest BCUT2D eigenvalue weighted by atomic mass is 9.93. The molecule has 0 spiro atoms. The molecule has 106 valence electrons. The van der Waals surface area contributed by atoms with Gasteiger partial charge in [0.15, 0.2) is 0 Å². The smallest absolute Gasteiger partial charge is 0.148 e. The second kappa shape index (κ2) is 5.33. The van der Waals surface area contributed by atoms with Crippen LogP contribution in [0.2, 0.25) is 0 Å². The van der Waals surface area contributed by atoms with E-state index in [1.165, 1.54) is 6.42 Å². The molecule has 0 amide bonds. The average Bonchev–Trinajstić information content (AvgIpc) is 2.72. The number of anilines is 2. The largest absolute Gasteiger partial charge is 0.356 e. The molecule has 0 aliphatic carbocycles. The summed E-state index contributed by atoms with van der Waals surface area (Å²) in [4.78, 5) is 11.6. The molecule has 3 N–H and O–H groups in total. The van der Waals surface area contributed by atoms with E-state index in [-0.39, 0.29) is 0 Å². The number of aryl methyl sites for hydroxylation is 1. The zero-order valence-corrected chi connectivity index (χ0v) is 12.5. The molecule has 1 aromatic rings. The molecule has 1 aliphatic rings. The molecule has 1 fully saturated rings. The van der Waals surface area contributed by atoms with Gasteiger partial charge in [-0.15, -0.1) is 0 Å². The van der Waals surface area contributed by atoms with Crippen molar-refractivity contribution in [3.8, 4) is 0 Å². The summed E-state index contributed by atoms with van der Waals surface area (Å²) in [6.45, 7) is 10.9. The fraction of sp³-hybridized carbons (Fsp3) is 0.714. The van der Waals surface area contributed by atoms with Gasteiger partial charge in [0.05, 0.1) is 0 Å². The molecule has 0 atom stereocenters. The highest BCUT2D eigenvalue weighted by Crippen LogP contribution is 2.34. The van der Waals surface area contributed by atoms with Crippen LogP contribution in [0.3, 0.4) is 0 Å². The lowest BCUT2D eigenvalue weighted by Crippen LogP contribution is -2.26. The number of hydrogen-bond donors (Lipinski definition) is 2. The molecule has 0 unspecified atom stereocenters. The first kappa shape index (κ1) is 14.1. The number of hydrogen-bond acceptors (Lipinski definition) is 5. The van der Waals surface area contributed by atoms with Crippen LogP contribution in [-0.4, -0.2) is 23.1 Å². The summed E-state index contributed by atoms with van der Waals surface area (Å²) in [6.07, 6.45) is 3.13. The molecule has 0 bridgehead atoms. The van der Waals surface area contributed by atoms with Crippen molar-refractivity contribution < 1.29 is 0 Å².